The summed E-state index contributed by atoms with van der Waals surface area (Å²) in [5.74, 6) is 0.203. The van der Waals surface area contributed by atoms with Crippen molar-refractivity contribution in [1.82, 2.24) is 10.2 Å². The summed E-state index contributed by atoms with van der Waals surface area (Å²) in [7, 11) is 0. The van der Waals surface area contributed by atoms with Crippen LogP contribution in [0, 0.1) is 18.7 Å². The number of carbonyl (C=O) groups excluding carboxylic acids is 2. The Morgan fingerprint density at radius 2 is 2.00 bits per heavy atom. The van der Waals surface area contributed by atoms with Gasteiger partial charge in [-0.1, -0.05) is 6.07 Å². The number of hydrogen-bond donors (Lipinski definition) is 2. The van der Waals surface area contributed by atoms with Crippen molar-refractivity contribution in [2.45, 2.75) is 33.1 Å². The van der Waals surface area contributed by atoms with Crippen LogP contribution in [0.15, 0.2) is 18.2 Å². The van der Waals surface area contributed by atoms with Crippen LogP contribution in [0.4, 0.5) is 14.9 Å². The van der Waals surface area contributed by atoms with Crippen LogP contribution >= 0.6 is 0 Å². The number of urea groups is 1. The molecule has 2 rings (SSSR count). The minimum Gasteiger partial charge on any atom is -0.356 e. The van der Waals surface area contributed by atoms with Crippen LogP contribution in [0.5, 0.6) is 0 Å². The molecule has 1 heterocycles. The molecule has 1 fully saturated rings. The standard InChI is InChI=1S/C17H24FN3O2/c1-12-3-4-15(11-16(12)18)20-17(23)21-9-6-14(7-10-21)5-8-19-13(2)22/h3-4,11,14H,5-10H2,1-2H3,(H,19,22)(H,20,23). The van der Waals surface area contributed by atoms with Gasteiger partial charge >= 0.3 is 6.03 Å². The fourth-order valence-electron chi connectivity index (χ4n) is 2.75. The van der Waals surface area contributed by atoms with Crippen LogP contribution in [-0.4, -0.2) is 36.5 Å². The van der Waals surface area contributed by atoms with E-state index in [4.69, 9.17) is 0 Å². The molecule has 0 aromatic heterocycles. The number of anilines is 1. The first-order valence-electron chi connectivity index (χ1n) is 8.02. The zero-order valence-electron chi connectivity index (χ0n) is 13.7. The van der Waals surface area contributed by atoms with Gasteiger partial charge in [-0.05, 0) is 49.8 Å². The molecule has 1 aliphatic heterocycles. The summed E-state index contributed by atoms with van der Waals surface area (Å²) >= 11 is 0. The molecule has 1 aromatic carbocycles. The number of rotatable bonds is 4. The highest BCUT2D eigenvalue weighted by Crippen LogP contribution is 2.21. The molecule has 3 amide bonds. The Morgan fingerprint density at radius 3 is 2.61 bits per heavy atom. The lowest BCUT2D eigenvalue weighted by Crippen LogP contribution is -2.41. The fourth-order valence-corrected chi connectivity index (χ4v) is 2.75. The van der Waals surface area contributed by atoms with Crippen molar-refractivity contribution in [3.63, 3.8) is 0 Å². The molecule has 6 heteroatoms. The van der Waals surface area contributed by atoms with Gasteiger partial charge in [-0.3, -0.25) is 4.79 Å². The summed E-state index contributed by atoms with van der Waals surface area (Å²) in [5.41, 5.74) is 1.04. The first-order valence-corrected chi connectivity index (χ1v) is 8.02. The van der Waals surface area contributed by atoms with Gasteiger partial charge in [0.15, 0.2) is 0 Å². The van der Waals surface area contributed by atoms with E-state index < -0.39 is 0 Å². The largest absolute Gasteiger partial charge is 0.356 e. The van der Waals surface area contributed by atoms with Gasteiger partial charge in [-0.2, -0.15) is 0 Å². The molecule has 5 nitrogen and oxygen atoms in total. The highest BCUT2D eigenvalue weighted by atomic mass is 19.1. The third kappa shape index (κ3) is 5.23. The third-order valence-electron chi connectivity index (χ3n) is 4.25. The molecule has 0 atom stereocenters. The van der Waals surface area contributed by atoms with Crippen LogP contribution in [0.25, 0.3) is 0 Å². The topological polar surface area (TPSA) is 61.4 Å². The van der Waals surface area contributed by atoms with Crippen LogP contribution in [0.2, 0.25) is 0 Å². The predicted octanol–water partition coefficient (Wildman–Crippen LogP) is 2.90. The van der Waals surface area contributed by atoms with Crippen molar-refractivity contribution in [2.24, 2.45) is 5.92 Å². The van der Waals surface area contributed by atoms with Crippen molar-refractivity contribution in [1.29, 1.82) is 0 Å². The van der Waals surface area contributed by atoms with Crippen LogP contribution in [0.1, 0.15) is 31.7 Å². The average molecular weight is 321 g/mol. The summed E-state index contributed by atoms with van der Waals surface area (Å²) in [5, 5.41) is 5.54. The van der Waals surface area contributed by atoms with Crippen molar-refractivity contribution in [3.8, 4) is 0 Å². The van der Waals surface area contributed by atoms with Crippen molar-refractivity contribution in [3.05, 3.63) is 29.6 Å². The fraction of sp³-hybridized carbons (Fsp3) is 0.529. The number of aryl methyl sites for hydroxylation is 1. The number of carbonyl (C=O) groups is 2. The second-order valence-corrected chi connectivity index (χ2v) is 6.10. The van der Waals surface area contributed by atoms with Gasteiger partial charge in [0.25, 0.3) is 0 Å². The van der Waals surface area contributed by atoms with Gasteiger partial charge in [0.2, 0.25) is 5.91 Å². The lowest BCUT2D eigenvalue weighted by molar-refractivity contribution is -0.119. The first-order chi connectivity index (χ1) is 11.0. The van der Waals surface area contributed by atoms with Gasteiger partial charge in [0, 0.05) is 32.2 Å². The number of benzene rings is 1. The molecule has 23 heavy (non-hydrogen) atoms. The monoisotopic (exact) mass is 321 g/mol. The van der Waals surface area contributed by atoms with Crippen LogP contribution in [0.3, 0.4) is 0 Å². The van der Waals surface area contributed by atoms with Crippen molar-refractivity contribution in [2.75, 3.05) is 25.0 Å². The smallest absolute Gasteiger partial charge is 0.321 e. The van der Waals surface area contributed by atoms with E-state index >= 15 is 0 Å². The molecule has 0 unspecified atom stereocenters. The molecule has 0 radical (unpaired) electrons. The van der Waals surface area contributed by atoms with Crippen LogP contribution in [-0.2, 0) is 4.79 Å². The minimum atomic E-state index is -0.320. The summed E-state index contributed by atoms with van der Waals surface area (Å²) in [6.45, 7) is 5.26. The predicted molar refractivity (Wildman–Crippen MR) is 87.8 cm³/mol. The number of amides is 3. The Labute approximate surface area is 136 Å². The average Bonchev–Trinajstić information content (AvgIpc) is 2.51. The molecular formula is C17H24FN3O2. The highest BCUT2D eigenvalue weighted by Gasteiger charge is 2.22. The lowest BCUT2D eigenvalue weighted by Gasteiger charge is -2.32. The number of piperidine rings is 1. The number of halogens is 1. The summed E-state index contributed by atoms with van der Waals surface area (Å²) in [6.07, 6.45) is 2.79. The zero-order chi connectivity index (χ0) is 16.8. The second kappa shape index (κ2) is 7.94. The Hall–Kier alpha value is -2.11. The molecule has 0 bridgehead atoms. The summed E-state index contributed by atoms with van der Waals surface area (Å²) in [4.78, 5) is 24.8. The highest BCUT2D eigenvalue weighted by molar-refractivity contribution is 5.89. The number of hydrogen-bond acceptors (Lipinski definition) is 2. The molecular weight excluding hydrogens is 297 g/mol. The summed E-state index contributed by atoms with van der Waals surface area (Å²) in [6, 6.07) is 4.51. The molecule has 1 saturated heterocycles. The Bertz CT molecular complexity index is 569. The molecule has 0 spiro atoms. The van der Waals surface area contributed by atoms with E-state index in [-0.39, 0.29) is 17.8 Å². The maximum atomic E-state index is 13.5. The van der Waals surface area contributed by atoms with E-state index in [9.17, 15) is 14.0 Å². The molecule has 0 saturated carbocycles. The van der Waals surface area contributed by atoms with Gasteiger partial charge in [0.1, 0.15) is 5.82 Å². The molecule has 1 aromatic rings. The van der Waals surface area contributed by atoms with E-state index in [0.29, 0.717) is 36.8 Å². The van der Waals surface area contributed by atoms with E-state index in [2.05, 4.69) is 10.6 Å². The number of nitrogens with zero attached hydrogens (tertiary/aromatic N) is 1. The zero-order valence-corrected chi connectivity index (χ0v) is 13.7. The first kappa shape index (κ1) is 17.2. The summed E-state index contributed by atoms with van der Waals surface area (Å²) < 4.78 is 13.5. The Morgan fingerprint density at radius 1 is 1.30 bits per heavy atom. The molecule has 0 aliphatic carbocycles. The maximum Gasteiger partial charge on any atom is 0.321 e. The molecule has 1 aliphatic rings. The molecule has 2 N–H and O–H groups in total. The van der Waals surface area contributed by atoms with Crippen LogP contribution < -0.4 is 10.6 Å². The van der Waals surface area contributed by atoms with Gasteiger partial charge in [-0.15, -0.1) is 0 Å². The quantitative estimate of drug-likeness (QED) is 0.896. The third-order valence-corrected chi connectivity index (χ3v) is 4.25. The van der Waals surface area contributed by atoms with Gasteiger partial charge in [0.05, 0.1) is 0 Å². The number of likely N-dealkylation sites (tertiary alicyclic amines) is 1. The Balaban J connectivity index is 1.77. The van der Waals surface area contributed by atoms with E-state index in [1.807, 2.05) is 0 Å². The van der Waals surface area contributed by atoms with E-state index in [1.165, 1.54) is 13.0 Å². The van der Waals surface area contributed by atoms with Crippen molar-refractivity contribution >= 4 is 17.6 Å². The number of nitrogens with one attached hydrogen (secondary N) is 2. The van der Waals surface area contributed by atoms with Crippen molar-refractivity contribution < 1.29 is 14.0 Å². The Kier molecular flexibility index (Phi) is 5.96. The minimum absolute atomic E-state index is 0.00727. The second-order valence-electron chi connectivity index (χ2n) is 6.10. The maximum absolute atomic E-state index is 13.5. The lowest BCUT2D eigenvalue weighted by atomic mass is 9.94. The van der Waals surface area contributed by atoms with Gasteiger partial charge in [-0.25, -0.2) is 9.18 Å². The van der Waals surface area contributed by atoms with E-state index in [0.717, 1.165) is 19.3 Å². The van der Waals surface area contributed by atoms with E-state index in [1.54, 1.807) is 24.0 Å². The normalized spacial score (nSPS) is 15.3. The van der Waals surface area contributed by atoms with Gasteiger partial charge < -0.3 is 15.5 Å². The molecule has 126 valence electrons. The SMILES string of the molecule is CC(=O)NCCC1CCN(C(=O)Nc2ccc(C)c(F)c2)CC1.